The van der Waals surface area contributed by atoms with Crippen LogP contribution in [0.4, 0.5) is 0 Å². The Hall–Kier alpha value is -7.43. The highest BCUT2D eigenvalue weighted by Crippen LogP contribution is 2.41. The van der Waals surface area contributed by atoms with E-state index in [0.717, 1.165) is 77.8 Å². The lowest BCUT2D eigenvalue weighted by molar-refractivity contribution is 0.670. The molecule has 0 aliphatic carbocycles. The zero-order chi connectivity index (χ0) is 37.3. The third kappa shape index (κ3) is 4.83. The smallest absolute Gasteiger partial charge is 0.162 e. The van der Waals surface area contributed by atoms with Crippen LogP contribution in [-0.2, 0) is 0 Å². The van der Waals surface area contributed by atoms with E-state index in [2.05, 4.69) is 174 Å². The van der Waals surface area contributed by atoms with Gasteiger partial charge < -0.3 is 13.6 Å². The number of fused-ring (bicyclic) bond motifs is 8. The second-order valence-corrected chi connectivity index (χ2v) is 14.4. The maximum Gasteiger partial charge on any atom is 0.162 e. The highest BCUT2D eigenvalue weighted by atomic mass is 16.3. The predicted molar refractivity (Wildman–Crippen MR) is 235 cm³/mol. The summed E-state index contributed by atoms with van der Waals surface area (Å²) in [5, 5.41) is 5.75. The number of aryl methyl sites for hydroxylation is 1. The molecule has 4 nitrogen and oxygen atoms in total. The molecule has 0 aliphatic rings. The molecule has 0 radical (unpaired) electrons. The van der Waals surface area contributed by atoms with Crippen LogP contribution in [0.25, 0.3) is 99.8 Å². The molecule has 0 bridgehead atoms. The molecule has 11 aromatic rings. The average molecular weight is 718 g/mol. The SMILES string of the molecule is C=C/C(=C\c1c(C)c2ccccc2n1-c1ccc(-c2c3ccccc3nc3c2oc2ccccc23)cc1)c1ccc2c(c1)c1ccccc1n2-c1ccccc1. The van der Waals surface area contributed by atoms with Gasteiger partial charge in [0, 0.05) is 43.9 Å². The van der Waals surface area contributed by atoms with Crippen molar-refractivity contribution < 1.29 is 4.42 Å². The second kappa shape index (κ2) is 12.6. The first kappa shape index (κ1) is 32.0. The third-order valence-corrected chi connectivity index (χ3v) is 11.3. The van der Waals surface area contributed by atoms with Gasteiger partial charge in [0.2, 0.25) is 0 Å². The van der Waals surface area contributed by atoms with Crippen molar-refractivity contribution in [2.45, 2.75) is 6.92 Å². The molecular weight excluding hydrogens is 683 g/mol. The number of para-hydroxylation sites is 5. The minimum atomic E-state index is 0.808. The molecule has 0 aliphatic heterocycles. The van der Waals surface area contributed by atoms with Crippen molar-refractivity contribution in [1.29, 1.82) is 0 Å². The van der Waals surface area contributed by atoms with Gasteiger partial charge in [0.15, 0.2) is 5.58 Å². The summed E-state index contributed by atoms with van der Waals surface area (Å²) >= 11 is 0. The Morgan fingerprint density at radius 3 is 1.98 bits per heavy atom. The highest BCUT2D eigenvalue weighted by molar-refractivity contribution is 6.15. The summed E-state index contributed by atoms with van der Waals surface area (Å²) in [6.07, 6.45) is 4.28. The molecule has 0 saturated heterocycles. The zero-order valence-corrected chi connectivity index (χ0v) is 30.8. The van der Waals surface area contributed by atoms with Gasteiger partial charge in [-0.15, -0.1) is 0 Å². The van der Waals surface area contributed by atoms with E-state index in [-0.39, 0.29) is 0 Å². The molecule has 4 heteroatoms. The maximum absolute atomic E-state index is 6.53. The fraction of sp³-hybridized carbons (Fsp3) is 0.0192. The molecule has 4 aromatic heterocycles. The summed E-state index contributed by atoms with van der Waals surface area (Å²) in [5.41, 5.74) is 15.9. The Kier molecular flexibility index (Phi) is 7.20. The van der Waals surface area contributed by atoms with E-state index in [1.165, 1.54) is 32.8 Å². The molecule has 0 saturated carbocycles. The predicted octanol–water partition coefficient (Wildman–Crippen LogP) is 13.9. The first-order chi connectivity index (χ1) is 27.7. The lowest BCUT2D eigenvalue weighted by Gasteiger charge is -2.13. The Morgan fingerprint density at radius 2 is 1.20 bits per heavy atom. The van der Waals surface area contributed by atoms with Crippen molar-refractivity contribution in [3.05, 3.63) is 199 Å². The first-order valence-electron chi connectivity index (χ1n) is 19.0. The van der Waals surface area contributed by atoms with Gasteiger partial charge in [-0.1, -0.05) is 116 Å². The molecule has 4 heterocycles. The molecule has 11 rings (SSSR count). The quantitative estimate of drug-likeness (QED) is 0.161. The summed E-state index contributed by atoms with van der Waals surface area (Å²) in [6, 6.07) is 60.1. The number of furan rings is 1. The number of hydrogen-bond donors (Lipinski definition) is 0. The van der Waals surface area contributed by atoms with E-state index in [0.29, 0.717) is 0 Å². The van der Waals surface area contributed by atoms with Gasteiger partial charge in [0.1, 0.15) is 11.1 Å². The minimum absolute atomic E-state index is 0.808. The number of pyridine rings is 1. The van der Waals surface area contributed by atoms with Crippen molar-refractivity contribution in [1.82, 2.24) is 14.1 Å². The standard InChI is InChI=1S/C52H35N3O/c1-3-34(36-27-30-47-43(31-36)40-18-9-13-23-46(40)54(47)37-15-5-4-6-16-37)32-48-33(2)39-17-8-12-22-45(39)55(48)38-28-25-35(26-29-38)50-41-19-7-11-21-44(41)53-51-42-20-10-14-24-49(42)56-52(50)51/h3-32H,1H2,2H3/b34-32+. The summed E-state index contributed by atoms with van der Waals surface area (Å²) < 4.78 is 11.3. The molecule has 0 atom stereocenters. The fourth-order valence-electron chi connectivity index (χ4n) is 8.69. The summed E-state index contributed by atoms with van der Waals surface area (Å²) in [7, 11) is 0. The van der Waals surface area contributed by atoms with Gasteiger partial charge in [0.25, 0.3) is 0 Å². The van der Waals surface area contributed by atoms with E-state index >= 15 is 0 Å². The van der Waals surface area contributed by atoms with Gasteiger partial charge in [-0.25, -0.2) is 4.98 Å². The van der Waals surface area contributed by atoms with Crippen molar-refractivity contribution >= 4 is 77.3 Å². The molecule has 0 spiro atoms. The van der Waals surface area contributed by atoms with Crippen molar-refractivity contribution in [2.75, 3.05) is 0 Å². The van der Waals surface area contributed by atoms with Crippen LogP contribution in [0, 0.1) is 6.92 Å². The second-order valence-electron chi connectivity index (χ2n) is 14.4. The van der Waals surface area contributed by atoms with Crippen LogP contribution in [0.2, 0.25) is 0 Å². The van der Waals surface area contributed by atoms with Gasteiger partial charge in [-0.3, -0.25) is 0 Å². The van der Waals surface area contributed by atoms with E-state index in [9.17, 15) is 0 Å². The van der Waals surface area contributed by atoms with Gasteiger partial charge in [-0.2, -0.15) is 0 Å². The molecule has 0 fully saturated rings. The van der Waals surface area contributed by atoms with Crippen LogP contribution in [-0.4, -0.2) is 14.1 Å². The molecular formula is C52H35N3O. The van der Waals surface area contributed by atoms with Gasteiger partial charge in [-0.05, 0) is 102 Å². The number of aromatic nitrogens is 3. The van der Waals surface area contributed by atoms with E-state index in [1.54, 1.807) is 0 Å². The Balaban J connectivity index is 1.07. The zero-order valence-electron chi connectivity index (χ0n) is 30.8. The van der Waals surface area contributed by atoms with Crippen LogP contribution >= 0.6 is 0 Å². The molecule has 264 valence electrons. The molecule has 0 amide bonds. The van der Waals surface area contributed by atoms with E-state index in [1.807, 2.05) is 30.3 Å². The topological polar surface area (TPSA) is 35.9 Å². The lowest BCUT2D eigenvalue weighted by atomic mass is 9.99. The van der Waals surface area contributed by atoms with Crippen molar-refractivity contribution in [3.8, 4) is 22.5 Å². The fourth-order valence-corrected chi connectivity index (χ4v) is 8.69. The van der Waals surface area contributed by atoms with Crippen LogP contribution < -0.4 is 0 Å². The summed E-state index contributed by atoms with van der Waals surface area (Å²) in [6.45, 7) is 6.55. The Bertz CT molecular complexity index is 3380. The lowest BCUT2D eigenvalue weighted by Crippen LogP contribution is -1.98. The number of benzene rings is 7. The maximum atomic E-state index is 6.53. The molecule has 56 heavy (non-hydrogen) atoms. The summed E-state index contributed by atoms with van der Waals surface area (Å²) in [5.74, 6) is 0. The number of rotatable bonds is 6. The van der Waals surface area contributed by atoms with E-state index < -0.39 is 0 Å². The van der Waals surface area contributed by atoms with Crippen molar-refractivity contribution in [3.63, 3.8) is 0 Å². The Labute approximate surface area is 323 Å². The Morgan fingerprint density at radius 1 is 0.571 bits per heavy atom. The third-order valence-electron chi connectivity index (χ3n) is 11.3. The normalized spacial score (nSPS) is 12.2. The van der Waals surface area contributed by atoms with Crippen LogP contribution in [0.5, 0.6) is 0 Å². The highest BCUT2D eigenvalue weighted by Gasteiger charge is 2.20. The molecule has 0 unspecified atom stereocenters. The monoisotopic (exact) mass is 717 g/mol. The van der Waals surface area contributed by atoms with Crippen LogP contribution in [0.3, 0.4) is 0 Å². The van der Waals surface area contributed by atoms with Crippen LogP contribution in [0.15, 0.2) is 187 Å². The van der Waals surface area contributed by atoms with Gasteiger partial charge >= 0.3 is 0 Å². The van der Waals surface area contributed by atoms with Gasteiger partial charge in [0.05, 0.1) is 27.8 Å². The number of hydrogen-bond acceptors (Lipinski definition) is 2. The minimum Gasteiger partial charge on any atom is -0.454 e. The largest absolute Gasteiger partial charge is 0.454 e. The van der Waals surface area contributed by atoms with E-state index in [4.69, 9.17) is 9.40 Å². The average Bonchev–Trinajstić information content (AvgIpc) is 3.89. The first-order valence-corrected chi connectivity index (χ1v) is 19.0. The molecule has 0 N–H and O–H groups in total. The summed E-state index contributed by atoms with van der Waals surface area (Å²) in [4.78, 5) is 5.06. The number of allylic oxidation sites excluding steroid dienone is 2. The van der Waals surface area contributed by atoms with Crippen molar-refractivity contribution in [2.24, 2.45) is 0 Å². The molecule has 7 aromatic carbocycles. The van der Waals surface area contributed by atoms with Crippen LogP contribution in [0.1, 0.15) is 16.8 Å². The number of nitrogens with zero attached hydrogens (tertiary/aromatic N) is 3.